The second-order valence-corrected chi connectivity index (χ2v) is 6.91. The number of aromatic nitrogens is 1. The maximum Gasteiger partial charge on any atom is 0.234 e. The van der Waals surface area contributed by atoms with Gasteiger partial charge in [0.15, 0.2) is 10.8 Å². The van der Waals surface area contributed by atoms with Crippen LogP contribution in [0.1, 0.15) is 5.69 Å². The monoisotopic (exact) mass is 374 g/mol. The molecule has 0 aromatic carbocycles. The molecule has 0 atom stereocenters. The number of nitrogens with one attached hydrogen (secondary N) is 1. The van der Waals surface area contributed by atoms with Gasteiger partial charge in [-0.1, -0.05) is 6.08 Å². The van der Waals surface area contributed by atoms with Crippen molar-refractivity contribution in [1.29, 1.82) is 0 Å². The fourth-order valence-corrected chi connectivity index (χ4v) is 3.55. The molecule has 7 nitrogen and oxygen atoms in total. The number of hydrogen-bond acceptors (Lipinski definition) is 6. The Bertz CT molecular complexity index is 748. The molecule has 0 aliphatic carbocycles. The molecule has 26 heavy (non-hydrogen) atoms. The number of nitrogens with zero attached hydrogens (tertiary/aromatic N) is 3. The van der Waals surface area contributed by atoms with E-state index in [0.717, 1.165) is 16.5 Å². The summed E-state index contributed by atoms with van der Waals surface area (Å²) in [5, 5.41) is 5.45. The van der Waals surface area contributed by atoms with Gasteiger partial charge in [-0.25, -0.2) is 4.98 Å². The second-order valence-electron chi connectivity index (χ2n) is 6.05. The topological polar surface area (TPSA) is 78.7 Å². The molecule has 1 fully saturated rings. The number of rotatable bonds is 7. The van der Waals surface area contributed by atoms with Crippen LogP contribution in [0.2, 0.25) is 0 Å². The molecule has 0 radical (unpaired) electrons. The Morgan fingerprint density at radius 2 is 2.15 bits per heavy atom. The van der Waals surface area contributed by atoms with E-state index in [1.54, 1.807) is 12.3 Å². The maximum atomic E-state index is 12.5. The van der Waals surface area contributed by atoms with E-state index in [-0.39, 0.29) is 18.2 Å². The van der Waals surface area contributed by atoms with Crippen molar-refractivity contribution in [2.45, 2.75) is 6.42 Å². The molecule has 2 aromatic rings. The van der Waals surface area contributed by atoms with Gasteiger partial charge in [-0.15, -0.1) is 17.9 Å². The van der Waals surface area contributed by atoms with E-state index in [9.17, 15) is 9.59 Å². The van der Waals surface area contributed by atoms with Crippen molar-refractivity contribution in [3.8, 4) is 10.8 Å². The van der Waals surface area contributed by atoms with Crippen LogP contribution in [0.4, 0.5) is 0 Å². The predicted molar refractivity (Wildman–Crippen MR) is 99.7 cm³/mol. The summed E-state index contributed by atoms with van der Waals surface area (Å²) in [5.41, 5.74) is 0.762. The van der Waals surface area contributed by atoms with Crippen LogP contribution in [-0.2, 0) is 16.0 Å². The van der Waals surface area contributed by atoms with Gasteiger partial charge in [-0.05, 0) is 12.1 Å². The first-order valence-electron chi connectivity index (χ1n) is 8.51. The zero-order chi connectivity index (χ0) is 18.4. The van der Waals surface area contributed by atoms with Crippen LogP contribution in [0.25, 0.3) is 10.8 Å². The molecule has 1 saturated heterocycles. The molecule has 0 spiro atoms. The Hall–Kier alpha value is -2.45. The molecular formula is C18H22N4O3S. The van der Waals surface area contributed by atoms with Crippen molar-refractivity contribution in [3.05, 3.63) is 42.1 Å². The minimum absolute atomic E-state index is 0.0161. The van der Waals surface area contributed by atoms with Crippen LogP contribution in [-0.4, -0.2) is 65.9 Å². The summed E-state index contributed by atoms with van der Waals surface area (Å²) in [6.07, 6.45) is 3.56. The summed E-state index contributed by atoms with van der Waals surface area (Å²) in [7, 11) is 0. The molecule has 138 valence electrons. The van der Waals surface area contributed by atoms with E-state index in [2.05, 4.69) is 21.8 Å². The van der Waals surface area contributed by atoms with Gasteiger partial charge in [0.05, 0.1) is 24.9 Å². The number of carbonyl (C=O) groups excluding carboxylic acids is 2. The molecule has 3 heterocycles. The van der Waals surface area contributed by atoms with Gasteiger partial charge in [0.1, 0.15) is 0 Å². The lowest BCUT2D eigenvalue weighted by atomic mass is 10.2. The summed E-state index contributed by atoms with van der Waals surface area (Å²) in [5.74, 6) is 0.770. The first-order chi connectivity index (χ1) is 12.7. The lowest BCUT2D eigenvalue weighted by Crippen LogP contribution is -2.51. The summed E-state index contributed by atoms with van der Waals surface area (Å²) in [6, 6.07) is 3.67. The van der Waals surface area contributed by atoms with Gasteiger partial charge in [0, 0.05) is 38.1 Å². The summed E-state index contributed by atoms with van der Waals surface area (Å²) < 4.78 is 5.33. The molecule has 3 rings (SSSR count). The first kappa shape index (κ1) is 18.3. The zero-order valence-electron chi connectivity index (χ0n) is 14.5. The van der Waals surface area contributed by atoms with E-state index >= 15 is 0 Å². The van der Waals surface area contributed by atoms with Crippen LogP contribution < -0.4 is 5.32 Å². The van der Waals surface area contributed by atoms with E-state index in [4.69, 9.17) is 4.42 Å². The third-order valence-corrected chi connectivity index (χ3v) is 5.06. The molecule has 1 aliphatic heterocycles. The highest BCUT2D eigenvalue weighted by atomic mass is 32.1. The highest BCUT2D eigenvalue weighted by molar-refractivity contribution is 7.13. The highest BCUT2D eigenvalue weighted by Crippen LogP contribution is 2.24. The largest absolute Gasteiger partial charge is 0.462 e. The van der Waals surface area contributed by atoms with Gasteiger partial charge >= 0.3 is 0 Å². The number of hydrogen-bond donors (Lipinski definition) is 1. The maximum absolute atomic E-state index is 12.5. The van der Waals surface area contributed by atoms with E-state index in [1.807, 2.05) is 22.4 Å². The summed E-state index contributed by atoms with van der Waals surface area (Å²) in [6.45, 7) is 7.06. The van der Waals surface area contributed by atoms with Crippen molar-refractivity contribution >= 4 is 23.2 Å². The minimum atomic E-state index is -0.0161. The SMILES string of the molecule is C=CCNC(=O)CN1CCN(C(=O)Cc2csc(-c3ccco3)n2)CC1. The normalized spacial score (nSPS) is 15.0. The number of thiazole rings is 1. The van der Waals surface area contributed by atoms with Gasteiger partial charge in [0.25, 0.3) is 0 Å². The highest BCUT2D eigenvalue weighted by Gasteiger charge is 2.23. The second kappa shape index (κ2) is 8.77. The molecule has 2 amide bonds. The zero-order valence-corrected chi connectivity index (χ0v) is 15.3. The van der Waals surface area contributed by atoms with Crippen LogP contribution in [0.5, 0.6) is 0 Å². The molecule has 8 heteroatoms. The van der Waals surface area contributed by atoms with Crippen LogP contribution >= 0.6 is 11.3 Å². The molecule has 1 aliphatic rings. The standard InChI is InChI=1S/C18H22N4O3S/c1-2-5-19-16(23)12-21-6-8-22(9-7-21)17(24)11-14-13-26-18(20-14)15-4-3-10-25-15/h2-4,10,13H,1,5-9,11-12H2,(H,19,23). The van der Waals surface area contributed by atoms with Crippen molar-refractivity contribution in [1.82, 2.24) is 20.1 Å². The smallest absolute Gasteiger partial charge is 0.234 e. The number of carbonyl (C=O) groups is 2. The minimum Gasteiger partial charge on any atom is -0.462 e. The summed E-state index contributed by atoms with van der Waals surface area (Å²) in [4.78, 5) is 32.6. The molecule has 2 aromatic heterocycles. The van der Waals surface area contributed by atoms with Crippen LogP contribution in [0.3, 0.4) is 0 Å². The third kappa shape index (κ3) is 4.80. The van der Waals surface area contributed by atoms with Crippen molar-refractivity contribution in [3.63, 3.8) is 0 Å². The van der Waals surface area contributed by atoms with Gasteiger partial charge < -0.3 is 14.6 Å². The van der Waals surface area contributed by atoms with Crippen molar-refractivity contribution < 1.29 is 14.0 Å². The Balaban J connectivity index is 1.45. The van der Waals surface area contributed by atoms with Crippen LogP contribution in [0, 0.1) is 0 Å². The number of furan rings is 1. The lowest BCUT2D eigenvalue weighted by molar-refractivity contribution is -0.132. The first-order valence-corrected chi connectivity index (χ1v) is 9.39. The molecular weight excluding hydrogens is 352 g/mol. The summed E-state index contributed by atoms with van der Waals surface area (Å²) >= 11 is 1.47. The average molecular weight is 374 g/mol. The quantitative estimate of drug-likeness (QED) is 0.741. The van der Waals surface area contributed by atoms with Gasteiger partial charge in [-0.2, -0.15) is 0 Å². The fourth-order valence-electron chi connectivity index (χ4n) is 2.77. The van der Waals surface area contributed by atoms with E-state index in [1.165, 1.54) is 11.3 Å². The van der Waals surface area contributed by atoms with Gasteiger partial charge in [0.2, 0.25) is 11.8 Å². The Morgan fingerprint density at radius 1 is 1.35 bits per heavy atom. The number of piperazine rings is 1. The van der Waals surface area contributed by atoms with Gasteiger partial charge in [-0.3, -0.25) is 14.5 Å². The Labute approximate surface area is 156 Å². The predicted octanol–water partition coefficient (Wildman–Crippen LogP) is 1.39. The van der Waals surface area contributed by atoms with Crippen molar-refractivity contribution in [2.75, 3.05) is 39.3 Å². The lowest BCUT2D eigenvalue weighted by Gasteiger charge is -2.34. The molecule has 0 bridgehead atoms. The third-order valence-electron chi connectivity index (χ3n) is 4.15. The van der Waals surface area contributed by atoms with E-state index < -0.39 is 0 Å². The Kier molecular flexibility index (Phi) is 6.19. The van der Waals surface area contributed by atoms with Crippen LogP contribution in [0.15, 0.2) is 40.8 Å². The fraction of sp³-hybridized carbons (Fsp3) is 0.389. The molecule has 0 saturated carbocycles. The number of amides is 2. The van der Waals surface area contributed by atoms with E-state index in [0.29, 0.717) is 39.3 Å². The molecule has 1 N–H and O–H groups in total. The Morgan fingerprint density at radius 3 is 2.85 bits per heavy atom. The van der Waals surface area contributed by atoms with Crippen molar-refractivity contribution in [2.24, 2.45) is 0 Å². The molecule has 0 unspecified atom stereocenters. The average Bonchev–Trinajstić information content (AvgIpc) is 3.32.